The van der Waals surface area contributed by atoms with Crippen LogP contribution in [0.1, 0.15) is 41.3 Å². The van der Waals surface area contributed by atoms with Gasteiger partial charge in [-0.2, -0.15) is 4.31 Å². The number of piperidine rings is 1. The molecular weight excluding hydrogens is 396 g/mol. The van der Waals surface area contributed by atoms with E-state index in [2.05, 4.69) is 6.92 Å². The van der Waals surface area contributed by atoms with Crippen molar-refractivity contribution in [2.75, 3.05) is 13.1 Å². The summed E-state index contributed by atoms with van der Waals surface area (Å²) in [5.74, 6) is 0.0725. The molecule has 1 fully saturated rings. The van der Waals surface area contributed by atoms with Crippen LogP contribution in [0.25, 0.3) is 10.8 Å². The molecule has 1 amide bonds. The summed E-state index contributed by atoms with van der Waals surface area (Å²) < 4.78 is 27.9. The molecule has 0 unspecified atom stereocenters. The van der Waals surface area contributed by atoms with E-state index >= 15 is 0 Å². The van der Waals surface area contributed by atoms with Crippen molar-refractivity contribution in [3.63, 3.8) is 0 Å². The number of hydrogen-bond donors (Lipinski definition) is 1. The molecule has 1 aliphatic heterocycles. The molecule has 1 heterocycles. The Morgan fingerprint density at radius 3 is 2.50 bits per heavy atom. The number of benzene rings is 3. The number of amides is 1. The molecule has 30 heavy (non-hydrogen) atoms. The summed E-state index contributed by atoms with van der Waals surface area (Å²) in [5, 5.41) is 1.97. The van der Waals surface area contributed by atoms with Gasteiger partial charge in [-0.15, -0.1) is 0 Å². The van der Waals surface area contributed by atoms with Gasteiger partial charge in [0.2, 0.25) is 15.9 Å². The second-order valence-corrected chi connectivity index (χ2v) is 10.0. The van der Waals surface area contributed by atoms with Gasteiger partial charge in [-0.25, -0.2) is 8.42 Å². The van der Waals surface area contributed by atoms with Gasteiger partial charge in [0.15, 0.2) is 0 Å². The van der Waals surface area contributed by atoms with E-state index < -0.39 is 15.9 Å². The molecular formula is C24H26N2O3S. The maximum atomic E-state index is 13.1. The molecule has 0 aliphatic carbocycles. The highest BCUT2D eigenvalue weighted by Crippen LogP contribution is 2.28. The molecule has 0 bridgehead atoms. The lowest BCUT2D eigenvalue weighted by molar-refractivity contribution is 0.0999. The van der Waals surface area contributed by atoms with Crippen LogP contribution in [0.15, 0.2) is 65.6 Å². The summed E-state index contributed by atoms with van der Waals surface area (Å²) in [4.78, 5) is 12.3. The summed E-state index contributed by atoms with van der Waals surface area (Å²) in [6.07, 6.45) is 2.20. The Labute approximate surface area is 177 Å². The van der Waals surface area contributed by atoms with Gasteiger partial charge in [0, 0.05) is 18.7 Å². The minimum atomic E-state index is -3.53. The number of rotatable bonds is 5. The Hall–Kier alpha value is -2.70. The van der Waals surface area contributed by atoms with E-state index in [0.29, 0.717) is 35.9 Å². The van der Waals surface area contributed by atoms with Crippen molar-refractivity contribution in [2.24, 2.45) is 11.7 Å². The summed E-state index contributed by atoms with van der Waals surface area (Å²) >= 11 is 0. The first-order valence-corrected chi connectivity index (χ1v) is 11.7. The van der Waals surface area contributed by atoms with Crippen molar-refractivity contribution >= 4 is 26.7 Å². The van der Waals surface area contributed by atoms with Crippen molar-refractivity contribution in [3.8, 4) is 0 Å². The minimum absolute atomic E-state index is 0.301. The molecule has 0 aromatic heterocycles. The number of fused-ring (bicyclic) bond motifs is 1. The van der Waals surface area contributed by atoms with Gasteiger partial charge < -0.3 is 5.73 Å². The zero-order valence-electron chi connectivity index (χ0n) is 17.0. The Bertz CT molecular complexity index is 1200. The SMILES string of the molecule is CC1CCN(S(=O)(=O)c2cccc(Cc3c(C(N)=O)ccc4ccccc34)c2)CC1. The molecule has 0 saturated carbocycles. The third kappa shape index (κ3) is 3.98. The number of nitrogens with zero attached hydrogens (tertiary/aromatic N) is 1. The van der Waals surface area contributed by atoms with Gasteiger partial charge in [-0.1, -0.05) is 49.4 Å². The largest absolute Gasteiger partial charge is 0.366 e. The van der Waals surface area contributed by atoms with Crippen LogP contribution in [0, 0.1) is 5.92 Å². The maximum Gasteiger partial charge on any atom is 0.249 e. The van der Waals surface area contributed by atoms with E-state index in [4.69, 9.17) is 5.73 Å². The monoisotopic (exact) mass is 422 g/mol. The van der Waals surface area contributed by atoms with Crippen LogP contribution in [-0.2, 0) is 16.4 Å². The molecule has 0 atom stereocenters. The first-order valence-electron chi connectivity index (χ1n) is 10.3. The number of carbonyl (C=O) groups is 1. The Morgan fingerprint density at radius 2 is 1.77 bits per heavy atom. The smallest absolute Gasteiger partial charge is 0.249 e. The number of carbonyl (C=O) groups excluding carboxylic acids is 1. The molecule has 5 nitrogen and oxygen atoms in total. The second-order valence-electron chi connectivity index (χ2n) is 8.09. The Morgan fingerprint density at radius 1 is 1.03 bits per heavy atom. The molecule has 3 aromatic rings. The van der Waals surface area contributed by atoms with Gasteiger partial charge in [0.1, 0.15) is 0 Å². The van der Waals surface area contributed by atoms with Crippen molar-refractivity contribution in [1.29, 1.82) is 0 Å². The number of sulfonamides is 1. The van der Waals surface area contributed by atoms with E-state index in [0.717, 1.165) is 34.7 Å². The van der Waals surface area contributed by atoms with Crippen LogP contribution in [0.4, 0.5) is 0 Å². The normalized spacial score (nSPS) is 16.0. The molecule has 0 radical (unpaired) electrons. The van der Waals surface area contributed by atoms with Crippen LogP contribution in [0.3, 0.4) is 0 Å². The average Bonchev–Trinajstić information content (AvgIpc) is 2.74. The van der Waals surface area contributed by atoms with Crippen molar-refractivity contribution in [2.45, 2.75) is 31.1 Å². The Balaban J connectivity index is 1.71. The van der Waals surface area contributed by atoms with E-state index in [-0.39, 0.29) is 0 Å². The van der Waals surface area contributed by atoms with Crippen LogP contribution < -0.4 is 5.73 Å². The number of hydrogen-bond acceptors (Lipinski definition) is 3. The summed E-state index contributed by atoms with van der Waals surface area (Å²) in [7, 11) is -3.53. The van der Waals surface area contributed by atoms with Gasteiger partial charge in [-0.3, -0.25) is 4.79 Å². The fourth-order valence-corrected chi connectivity index (χ4v) is 5.69. The van der Waals surface area contributed by atoms with Gasteiger partial charge >= 0.3 is 0 Å². The molecule has 3 aromatic carbocycles. The molecule has 6 heteroatoms. The van der Waals surface area contributed by atoms with E-state index in [1.54, 1.807) is 28.6 Å². The molecule has 1 saturated heterocycles. The van der Waals surface area contributed by atoms with Crippen LogP contribution in [0.2, 0.25) is 0 Å². The predicted molar refractivity (Wildman–Crippen MR) is 119 cm³/mol. The number of primary amides is 1. The molecule has 0 spiro atoms. The van der Waals surface area contributed by atoms with E-state index in [9.17, 15) is 13.2 Å². The standard InChI is InChI=1S/C24H26N2O3S/c1-17-11-13-26(14-12-17)30(28,29)20-7-4-5-18(15-20)16-23-21-8-3-2-6-19(21)9-10-22(23)24(25)27/h2-10,15,17H,11-14,16H2,1H3,(H2,25,27). The molecule has 2 N–H and O–H groups in total. The molecule has 1 aliphatic rings. The first-order chi connectivity index (χ1) is 14.4. The van der Waals surface area contributed by atoms with Crippen LogP contribution in [0.5, 0.6) is 0 Å². The van der Waals surface area contributed by atoms with Crippen molar-refractivity contribution < 1.29 is 13.2 Å². The lowest BCUT2D eigenvalue weighted by atomic mass is 9.93. The summed E-state index contributed by atoms with van der Waals surface area (Å²) in [6, 6.07) is 18.5. The average molecular weight is 423 g/mol. The minimum Gasteiger partial charge on any atom is -0.366 e. The van der Waals surface area contributed by atoms with Gasteiger partial charge in [0.25, 0.3) is 0 Å². The predicted octanol–water partition coefficient (Wildman–Crippen LogP) is 3.95. The quantitative estimate of drug-likeness (QED) is 0.676. The third-order valence-corrected chi connectivity index (χ3v) is 7.86. The maximum absolute atomic E-state index is 13.1. The van der Waals surface area contributed by atoms with E-state index in [1.165, 1.54) is 0 Å². The van der Waals surface area contributed by atoms with Gasteiger partial charge in [0.05, 0.1) is 4.90 Å². The van der Waals surface area contributed by atoms with Crippen molar-refractivity contribution in [1.82, 2.24) is 4.31 Å². The third-order valence-electron chi connectivity index (χ3n) is 5.97. The lowest BCUT2D eigenvalue weighted by Gasteiger charge is -2.29. The second kappa shape index (κ2) is 8.20. The number of nitrogens with two attached hydrogens (primary N) is 1. The highest BCUT2D eigenvalue weighted by atomic mass is 32.2. The fourth-order valence-electron chi connectivity index (χ4n) is 4.15. The van der Waals surface area contributed by atoms with Gasteiger partial charge in [-0.05, 0) is 65.3 Å². The zero-order chi connectivity index (χ0) is 21.3. The summed E-state index contributed by atoms with van der Waals surface area (Å²) in [6.45, 7) is 3.27. The topological polar surface area (TPSA) is 80.5 Å². The molecule has 4 rings (SSSR count). The highest BCUT2D eigenvalue weighted by Gasteiger charge is 2.28. The summed E-state index contributed by atoms with van der Waals surface area (Å²) in [5.41, 5.74) is 7.75. The van der Waals surface area contributed by atoms with Crippen LogP contribution in [-0.4, -0.2) is 31.7 Å². The Kier molecular flexibility index (Phi) is 5.62. The van der Waals surface area contributed by atoms with Crippen LogP contribution >= 0.6 is 0 Å². The zero-order valence-corrected chi connectivity index (χ0v) is 17.9. The fraction of sp³-hybridized carbons (Fsp3) is 0.292. The highest BCUT2D eigenvalue weighted by molar-refractivity contribution is 7.89. The molecule has 156 valence electrons. The first kappa shape index (κ1) is 20.6. The van der Waals surface area contributed by atoms with Crippen molar-refractivity contribution in [3.05, 3.63) is 77.4 Å². The lowest BCUT2D eigenvalue weighted by Crippen LogP contribution is -2.37. The van der Waals surface area contributed by atoms with E-state index in [1.807, 2.05) is 36.4 Å².